The number of aliphatic hydroxyl groups is 1. The van der Waals surface area contributed by atoms with E-state index in [0.717, 1.165) is 15.1 Å². The molecule has 0 fully saturated rings. The SMILES string of the molecule is O=c1oc(-c2ccc(CO)s2)cc2ccccc12. The Labute approximate surface area is 107 Å². The molecule has 3 aromatic rings. The lowest BCUT2D eigenvalue weighted by molar-refractivity contribution is 0.285. The van der Waals surface area contributed by atoms with Crippen LogP contribution in [0.4, 0.5) is 0 Å². The summed E-state index contributed by atoms with van der Waals surface area (Å²) in [4.78, 5) is 13.5. The van der Waals surface area contributed by atoms with Crippen LogP contribution in [0, 0.1) is 0 Å². The van der Waals surface area contributed by atoms with Crippen LogP contribution in [0.1, 0.15) is 4.88 Å². The lowest BCUT2D eigenvalue weighted by Gasteiger charge is -1.99. The standard InChI is InChI=1S/C14H10O3S/c15-8-10-5-6-13(18-10)12-7-9-3-1-2-4-11(9)14(16)17-12/h1-7,15H,8H2. The van der Waals surface area contributed by atoms with Gasteiger partial charge in [0.05, 0.1) is 16.9 Å². The lowest BCUT2D eigenvalue weighted by atomic mass is 10.1. The van der Waals surface area contributed by atoms with E-state index in [4.69, 9.17) is 9.52 Å². The van der Waals surface area contributed by atoms with Gasteiger partial charge in [-0.05, 0) is 29.7 Å². The van der Waals surface area contributed by atoms with E-state index in [1.807, 2.05) is 36.4 Å². The van der Waals surface area contributed by atoms with Crippen molar-refractivity contribution in [3.05, 3.63) is 57.8 Å². The fraction of sp³-hybridized carbons (Fsp3) is 0.0714. The zero-order valence-corrected chi connectivity index (χ0v) is 10.2. The second-order valence-corrected chi connectivity index (χ2v) is 5.08. The van der Waals surface area contributed by atoms with Gasteiger partial charge >= 0.3 is 5.63 Å². The van der Waals surface area contributed by atoms with Gasteiger partial charge in [-0.3, -0.25) is 0 Å². The van der Waals surface area contributed by atoms with Gasteiger partial charge in [-0.25, -0.2) is 4.79 Å². The fourth-order valence-corrected chi connectivity index (χ4v) is 2.67. The molecule has 18 heavy (non-hydrogen) atoms. The van der Waals surface area contributed by atoms with E-state index in [9.17, 15) is 4.79 Å². The average molecular weight is 258 g/mol. The van der Waals surface area contributed by atoms with Gasteiger partial charge in [0.25, 0.3) is 0 Å². The molecule has 90 valence electrons. The summed E-state index contributed by atoms with van der Waals surface area (Å²) >= 11 is 1.42. The molecule has 0 amide bonds. The first kappa shape index (κ1) is 11.2. The van der Waals surface area contributed by atoms with Crippen molar-refractivity contribution in [3.63, 3.8) is 0 Å². The Morgan fingerprint density at radius 3 is 2.78 bits per heavy atom. The maximum atomic E-state index is 11.8. The number of hydrogen-bond donors (Lipinski definition) is 1. The Kier molecular flexibility index (Phi) is 2.74. The lowest BCUT2D eigenvalue weighted by Crippen LogP contribution is -1.99. The van der Waals surface area contributed by atoms with Crippen molar-refractivity contribution < 1.29 is 9.52 Å². The quantitative estimate of drug-likeness (QED) is 0.768. The minimum absolute atomic E-state index is 0.00246. The topological polar surface area (TPSA) is 50.4 Å². The molecule has 0 saturated heterocycles. The highest BCUT2D eigenvalue weighted by Gasteiger charge is 2.08. The summed E-state index contributed by atoms with van der Waals surface area (Å²) in [7, 11) is 0. The van der Waals surface area contributed by atoms with Gasteiger partial charge in [0.2, 0.25) is 0 Å². The monoisotopic (exact) mass is 258 g/mol. The Hall–Kier alpha value is -1.91. The molecular formula is C14H10O3S. The first-order chi connectivity index (χ1) is 8.78. The molecule has 0 atom stereocenters. The summed E-state index contributed by atoms with van der Waals surface area (Å²) in [6.45, 7) is 0.00246. The minimum Gasteiger partial charge on any atom is -0.421 e. The van der Waals surface area contributed by atoms with Gasteiger partial charge in [-0.1, -0.05) is 18.2 Å². The van der Waals surface area contributed by atoms with E-state index in [-0.39, 0.29) is 12.2 Å². The zero-order valence-electron chi connectivity index (χ0n) is 9.42. The third-order valence-electron chi connectivity index (χ3n) is 2.73. The van der Waals surface area contributed by atoms with Gasteiger partial charge in [0.15, 0.2) is 0 Å². The van der Waals surface area contributed by atoms with E-state index in [2.05, 4.69) is 0 Å². The predicted octanol–water partition coefficient (Wildman–Crippen LogP) is 3.01. The normalized spacial score (nSPS) is 10.9. The van der Waals surface area contributed by atoms with E-state index < -0.39 is 0 Å². The Morgan fingerprint density at radius 2 is 2.00 bits per heavy atom. The number of thiophene rings is 1. The smallest absolute Gasteiger partial charge is 0.344 e. The largest absolute Gasteiger partial charge is 0.421 e. The maximum Gasteiger partial charge on any atom is 0.344 e. The maximum absolute atomic E-state index is 11.8. The zero-order chi connectivity index (χ0) is 12.5. The third kappa shape index (κ3) is 1.85. The molecule has 1 N–H and O–H groups in total. The molecular weight excluding hydrogens is 248 g/mol. The number of aliphatic hydroxyl groups excluding tert-OH is 1. The summed E-state index contributed by atoms with van der Waals surface area (Å²) in [5, 5.41) is 10.5. The van der Waals surface area contributed by atoms with Gasteiger partial charge in [-0.15, -0.1) is 11.3 Å². The van der Waals surface area contributed by atoms with Crippen LogP contribution in [-0.2, 0) is 6.61 Å². The highest BCUT2D eigenvalue weighted by Crippen LogP contribution is 2.29. The van der Waals surface area contributed by atoms with Crippen molar-refractivity contribution >= 4 is 22.1 Å². The highest BCUT2D eigenvalue weighted by atomic mass is 32.1. The van der Waals surface area contributed by atoms with Crippen LogP contribution in [0.25, 0.3) is 21.4 Å². The van der Waals surface area contributed by atoms with Crippen LogP contribution in [-0.4, -0.2) is 5.11 Å². The molecule has 0 spiro atoms. The summed E-state index contributed by atoms with van der Waals surface area (Å²) < 4.78 is 5.31. The van der Waals surface area contributed by atoms with E-state index in [0.29, 0.717) is 11.1 Å². The predicted molar refractivity (Wildman–Crippen MR) is 71.7 cm³/mol. The van der Waals surface area contributed by atoms with Gasteiger partial charge in [0.1, 0.15) is 5.76 Å². The van der Waals surface area contributed by atoms with Gasteiger partial charge in [0, 0.05) is 4.88 Å². The van der Waals surface area contributed by atoms with E-state index in [1.54, 1.807) is 6.07 Å². The molecule has 0 aliphatic rings. The summed E-state index contributed by atoms with van der Waals surface area (Å²) in [5.74, 6) is 0.545. The molecule has 2 aromatic heterocycles. The second kappa shape index (κ2) is 4.40. The minimum atomic E-state index is -0.331. The third-order valence-corrected chi connectivity index (χ3v) is 3.81. The molecule has 0 bridgehead atoms. The highest BCUT2D eigenvalue weighted by molar-refractivity contribution is 7.15. The first-order valence-electron chi connectivity index (χ1n) is 5.51. The van der Waals surface area contributed by atoms with Crippen molar-refractivity contribution in [2.45, 2.75) is 6.61 Å². The molecule has 0 saturated carbocycles. The summed E-state index contributed by atoms with van der Waals surface area (Å²) in [5.41, 5.74) is -0.331. The number of rotatable bonds is 2. The Balaban J connectivity index is 2.21. The van der Waals surface area contributed by atoms with E-state index >= 15 is 0 Å². The average Bonchev–Trinajstić information content (AvgIpc) is 2.87. The van der Waals surface area contributed by atoms with Crippen molar-refractivity contribution in [2.75, 3.05) is 0 Å². The Morgan fingerprint density at radius 1 is 1.17 bits per heavy atom. The van der Waals surface area contributed by atoms with Gasteiger partial charge in [-0.2, -0.15) is 0 Å². The number of benzene rings is 1. The Bertz CT molecular complexity index is 755. The van der Waals surface area contributed by atoms with Crippen molar-refractivity contribution in [2.24, 2.45) is 0 Å². The van der Waals surface area contributed by atoms with Crippen LogP contribution in [0.5, 0.6) is 0 Å². The van der Waals surface area contributed by atoms with Crippen molar-refractivity contribution in [1.82, 2.24) is 0 Å². The number of fused-ring (bicyclic) bond motifs is 1. The van der Waals surface area contributed by atoms with Crippen LogP contribution in [0.2, 0.25) is 0 Å². The molecule has 4 heteroatoms. The molecule has 0 aliphatic carbocycles. The molecule has 3 rings (SSSR count). The molecule has 0 radical (unpaired) electrons. The van der Waals surface area contributed by atoms with Crippen LogP contribution in [0.3, 0.4) is 0 Å². The fourth-order valence-electron chi connectivity index (χ4n) is 1.85. The summed E-state index contributed by atoms with van der Waals surface area (Å²) in [6.07, 6.45) is 0. The van der Waals surface area contributed by atoms with Gasteiger partial charge < -0.3 is 9.52 Å². The molecule has 3 nitrogen and oxygen atoms in total. The van der Waals surface area contributed by atoms with Crippen molar-refractivity contribution in [3.8, 4) is 10.6 Å². The molecule has 0 unspecified atom stereocenters. The molecule has 1 aromatic carbocycles. The molecule has 2 heterocycles. The van der Waals surface area contributed by atoms with E-state index in [1.165, 1.54) is 11.3 Å². The second-order valence-electron chi connectivity index (χ2n) is 3.91. The molecule has 0 aliphatic heterocycles. The van der Waals surface area contributed by atoms with Crippen molar-refractivity contribution in [1.29, 1.82) is 0 Å². The first-order valence-corrected chi connectivity index (χ1v) is 6.32. The van der Waals surface area contributed by atoms with Crippen LogP contribution < -0.4 is 5.63 Å². The van der Waals surface area contributed by atoms with Crippen LogP contribution >= 0.6 is 11.3 Å². The number of hydrogen-bond acceptors (Lipinski definition) is 4. The summed E-state index contributed by atoms with van der Waals surface area (Å²) in [6, 6.07) is 12.9. The van der Waals surface area contributed by atoms with Crippen LogP contribution in [0.15, 0.2) is 51.7 Å².